The van der Waals surface area contributed by atoms with Crippen LogP contribution in [0.15, 0.2) is 102 Å². The van der Waals surface area contributed by atoms with Crippen molar-refractivity contribution in [1.82, 2.24) is 0 Å². The number of hydrogen-bond donors (Lipinski definition) is 1. The first kappa shape index (κ1) is 20.9. The lowest BCUT2D eigenvalue weighted by Crippen LogP contribution is -2.38. The number of benzene rings is 4. The number of hydrogen-bond acceptors (Lipinski definition) is 3. The molecule has 0 heterocycles. The number of nitrogens with zero attached hydrogens (tertiary/aromatic N) is 1. The third-order valence-corrected chi connectivity index (χ3v) is 6.87. The number of para-hydroxylation sites is 1. The van der Waals surface area contributed by atoms with Crippen molar-refractivity contribution in [3.63, 3.8) is 0 Å². The molecule has 0 saturated heterocycles. The Morgan fingerprint density at radius 1 is 0.806 bits per heavy atom. The Morgan fingerprint density at radius 3 is 2.19 bits per heavy atom. The van der Waals surface area contributed by atoms with E-state index >= 15 is 0 Å². The number of sulfonamides is 1. The van der Waals surface area contributed by atoms with Crippen LogP contribution in [0.2, 0.25) is 5.02 Å². The quantitative estimate of drug-likeness (QED) is 0.432. The van der Waals surface area contributed by atoms with E-state index in [1.807, 2.05) is 36.4 Å². The molecule has 5 nitrogen and oxygen atoms in total. The van der Waals surface area contributed by atoms with E-state index in [4.69, 9.17) is 11.6 Å². The fourth-order valence-electron chi connectivity index (χ4n) is 3.27. The molecule has 0 aliphatic rings. The highest BCUT2D eigenvalue weighted by Crippen LogP contribution is 2.30. The van der Waals surface area contributed by atoms with Crippen LogP contribution < -0.4 is 9.62 Å². The number of nitrogens with one attached hydrogen (secondary N) is 1. The van der Waals surface area contributed by atoms with Crippen LogP contribution in [0.1, 0.15) is 0 Å². The van der Waals surface area contributed by atoms with Crippen molar-refractivity contribution in [2.45, 2.75) is 4.90 Å². The highest BCUT2D eigenvalue weighted by molar-refractivity contribution is 7.92. The van der Waals surface area contributed by atoms with Gasteiger partial charge >= 0.3 is 0 Å². The van der Waals surface area contributed by atoms with Gasteiger partial charge in [0.2, 0.25) is 5.91 Å². The summed E-state index contributed by atoms with van der Waals surface area (Å²) >= 11 is 6.28. The van der Waals surface area contributed by atoms with E-state index in [0.29, 0.717) is 5.69 Å². The Hall–Kier alpha value is -3.35. The average Bonchev–Trinajstić information content (AvgIpc) is 2.78. The van der Waals surface area contributed by atoms with Crippen molar-refractivity contribution in [3.8, 4) is 0 Å². The summed E-state index contributed by atoms with van der Waals surface area (Å²) in [5, 5.41) is 5.04. The Kier molecular flexibility index (Phi) is 5.93. The highest BCUT2D eigenvalue weighted by Gasteiger charge is 2.28. The summed E-state index contributed by atoms with van der Waals surface area (Å²) in [4.78, 5) is 12.9. The van der Waals surface area contributed by atoms with Gasteiger partial charge in [-0.1, -0.05) is 72.3 Å². The summed E-state index contributed by atoms with van der Waals surface area (Å²) in [7, 11) is -4.01. The second-order valence-electron chi connectivity index (χ2n) is 6.89. The third kappa shape index (κ3) is 4.55. The van der Waals surface area contributed by atoms with Crippen LogP contribution in [0.5, 0.6) is 0 Å². The van der Waals surface area contributed by atoms with Crippen LogP contribution in [0.4, 0.5) is 11.4 Å². The molecule has 1 amide bonds. The van der Waals surface area contributed by atoms with E-state index in [0.717, 1.165) is 15.1 Å². The predicted octanol–water partition coefficient (Wildman–Crippen LogP) is 5.33. The summed E-state index contributed by atoms with van der Waals surface area (Å²) in [6, 6.07) is 27.8. The molecule has 4 aromatic rings. The van der Waals surface area contributed by atoms with E-state index in [9.17, 15) is 13.2 Å². The molecule has 156 valence electrons. The fraction of sp³-hybridized carbons (Fsp3) is 0.0417. The van der Waals surface area contributed by atoms with Gasteiger partial charge in [-0.2, -0.15) is 0 Å². The van der Waals surface area contributed by atoms with Gasteiger partial charge in [0.05, 0.1) is 15.6 Å². The van der Waals surface area contributed by atoms with Gasteiger partial charge in [0.25, 0.3) is 10.0 Å². The molecule has 4 aromatic carbocycles. The number of amides is 1. The van der Waals surface area contributed by atoms with Crippen LogP contribution in [0, 0.1) is 0 Å². The first-order chi connectivity index (χ1) is 14.9. The van der Waals surface area contributed by atoms with E-state index in [-0.39, 0.29) is 15.6 Å². The van der Waals surface area contributed by atoms with Crippen LogP contribution in [0.3, 0.4) is 0 Å². The lowest BCUT2D eigenvalue weighted by molar-refractivity contribution is -0.114. The van der Waals surface area contributed by atoms with Crippen molar-refractivity contribution in [3.05, 3.63) is 102 Å². The Labute approximate surface area is 185 Å². The molecule has 31 heavy (non-hydrogen) atoms. The molecule has 0 aromatic heterocycles. The summed E-state index contributed by atoms with van der Waals surface area (Å²) in [6.45, 7) is -0.423. The van der Waals surface area contributed by atoms with Crippen LogP contribution in [0.25, 0.3) is 10.8 Å². The van der Waals surface area contributed by atoms with Gasteiger partial charge in [0.1, 0.15) is 6.54 Å². The highest BCUT2D eigenvalue weighted by atomic mass is 35.5. The number of anilines is 2. The number of carbonyl (C=O) groups excluding carboxylic acids is 1. The van der Waals surface area contributed by atoms with Crippen molar-refractivity contribution in [2.75, 3.05) is 16.2 Å². The first-order valence-corrected chi connectivity index (χ1v) is 11.4. The lowest BCUT2D eigenvalue weighted by Gasteiger charge is -2.25. The number of rotatable bonds is 6. The second kappa shape index (κ2) is 8.79. The van der Waals surface area contributed by atoms with Gasteiger partial charge in [-0.05, 0) is 47.2 Å². The summed E-state index contributed by atoms with van der Waals surface area (Å²) < 4.78 is 27.7. The number of carbonyl (C=O) groups is 1. The Morgan fingerprint density at radius 2 is 1.45 bits per heavy atom. The number of halogens is 1. The van der Waals surface area contributed by atoms with Crippen LogP contribution in [-0.4, -0.2) is 20.9 Å². The zero-order valence-corrected chi connectivity index (χ0v) is 18.0. The predicted molar refractivity (Wildman–Crippen MR) is 125 cm³/mol. The minimum Gasteiger partial charge on any atom is -0.324 e. The summed E-state index contributed by atoms with van der Waals surface area (Å²) in [6.07, 6.45) is 0. The van der Waals surface area contributed by atoms with Gasteiger partial charge in [0, 0.05) is 5.69 Å². The fourth-order valence-corrected chi connectivity index (χ4v) is 5.02. The largest absolute Gasteiger partial charge is 0.324 e. The third-order valence-electron chi connectivity index (χ3n) is 4.77. The molecule has 0 aliphatic carbocycles. The average molecular weight is 451 g/mol. The van der Waals surface area contributed by atoms with Crippen molar-refractivity contribution in [2.24, 2.45) is 0 Å². The van der Waals surface area contributed by atoms with Gasteiger partial charge in [-0.25, -0.2) is 8.42 Å². The smallest absolute Gasteiger partial charge is 0.264 e. The van der Waals surface area contributed by atoms with Crippen molar-refractivity contribution < 1.29 is 13.2 Å². The second-order valence-corrected chi connectivity index (χ2v) is 9.16. The van der Waals surface area contributed by atoms with Gasteiger partial charge < -0.3 is 5.32 Å². The molecule has 7 heteroatoms. The van der Waals surface area contributed by atoms with E-state index in [2.05, 4.69) is 5.32 Å². The zero-order valence-electron chi connectivity index (χ0n) is 16.4. The molecule has 0 atom stereocenters. The topological polar surface area (TPSA) is 66.5 Å². The molecular weight excluding hydrogens is 432 g/mol. The molecular formula is C24H19ClN2O3S. The molecule has 4 rings (SSSR count). The maximum atomic E-state index is 13.3. The minimum atomic E-state index is -4.01. The Balaban J connectivity index is 1.65. The standard InChI is InChI=1S/C24H19ClN2O3S/c25-22-12-6-7-13-23(22)27(31(29,30)21-10-2-1-3-11-21)17-24(28)26-20-15-14-18-8-4-5-9-19(18)16-20/h1-16H,17H2,(H,26,28). The van der Waals surface area contributed by atoms with E-state index in [1.54, 1.807) is 48.5 Å². The molecule has 0 spiro atoms. The summed E-state index contributed by atoms with van der Waals surface area (Å²) in [5.74, 6) is -0.477. The Bertz CT molecular complexity index is 1340. The molecule has 1 N–H and O–H groups in total. The molecule has 0 radical (unpaired) electrons. The lowest BCUT2D eigenvalue weighted by atomic mass is 10.1. The van der Waals surface area contributed by atoms with Gasteiger partial charge in [0.15, 0.2) is 0 Å². The molecule has 0 fully saturated rings. The number of fused-ring (bicyclic) bond motifs is 1. The molecule has 0 bridgehead atoms. The zero-order chi connectivity index (χ0) is 21.8. The maximum Gasteiger partial charge on any atom is 0.264 e. The molecule has 0 saturated carbocycles. The van der Waals surface area contributed by atoms with Crippen molar-refractivity contribution in [1.29, 1.82) is 0 Å². The molecule has 0 unspecified atom stereocenters. The first-order valence-electron chi connectivity index (χ1n) is 9.56. The normalized spacial score (nSPS) is 11.3. The van der Waals surface area contributed by atoms with E-state index < -0.39 is 22.5 Å². The van der Waals surface area contributed by atoms with Crippen LogP contribution in [-0.2, 0) is 14.8 Å². The van der Waals surface area contributed by atoms with Gasteiger partial charge in [-0.15, -0.1) is 0 Å². The SMILES string of the molecule is O=C(CN(c1ccccc1Cl)S(=O)(=O)c1ccccc1)Nc1ccc2ccccc2c1. The van der Waals surface area contributed by atoms with Gasteiger partial charge in [-0.3, -0.25) is 9.10 Å². The van der Waals surface area contributed by atoms with Crippen molar-refractivity contribution >= 4 is 49.7 Å². The summed E-state index contributed by atoms with van der Waals surface area (Å²) in [5.41, 5.74) is 0.821. The van der Waals surface area contributed by atoms with E-state index in [1.165, 1.54) is 12.1 Å². The van der Waals surface area contributed by atoms with Crippen LogP contribution >= 0.6 is 11.6 Å². The maximum absolute atomic E-state index is 13.3. The minimum absolute atomic E-state index is 0.0772. The molecule has 0 aliphatic heterocycles. The monoisotopic (exact) mass is 450 g/mol.